The SMILES string of the molecule is COC(=O)C1=COC(OC2OC(CO)C(O)C(O)C2O)C2C1(O)CC(OC(=O)C=Cc1ccc(OC)c(OC)c1)C2(C)O. The van der Waals surface area contributed by atoms with Gasteiger partial charge >= 0.3 is 11.9 Å². The van der Waals surface area contributed by atoms with E-state index < -0.39 is 90.8 Å². The Bertz CT molecular complexity index is 1240. The monoisotopic (exact) mass is 612 g/mol. The summed E-state index contributed by atoms with van der Waals surface area (Å²) in [7, 11) is 4.01. The number of rotatable bonds is 9. The van der Waals surface area contributed by atoms with E-state index in [0.717, 1.165) is 19.4 Å². The molecule has 15 heteroatoms. The Kier molecular flexibility index (Phi) is 9.68. The van der Waals surface area contributed by atoms with Crippen molar-refractivity contribution < 1.29 is 73.4 Å². The zero-order valence-corrected chi connectivity index (χ0v) is 23.9. The van der Waals surface area contributed by atoms with Crippen LogP contribution in [0.4, 0.5) is 0 Å². The van der Waals surface area contributed by atoms with Gasteiger partial charge in [0.25, 0.3) is 0 Å². The third kappa shape index (κ3) is 6.07. The van der Waals surface area contributed by atoms with Crippen molar-refractivity contribution in [3.05, 3.63) is 41.7 Å². The minimum Gasteiger partial charge on any atom is -0.493 e. The number of hydrogen-bond acceptors (Lipinski definition) is 15. The van der Waals surface area contributed by atoms with E-state index in [2.05, 4.69) is 0 Å². The van der Waals surface area contributed by atoms with Gasteiger partial charge in [0, 0.05) is 12.5 Å². The highest BCUT2D eigenvalue weighted by molar-refractivity contribution is 5.91. The number of ether oxygens (including phenoxy) is 7. The lowest BCUT2D eigenvalue weighted by atomic mass is 9.77. The summed E-state index contributed by atoms with van der Waals surface area (Å²) >= 11 is 0. The highest BCUT2D eigenvalue weighted by atomic mass is 16.8. The second kappa shape index (κ2) is 12.8. The Morgan fingerprint density at radius 3 is 2.35 bits per heavy atom. The molecule has 1 saturated carbocycles. The molecular weight excluding hydrogens is 576 g/mol. The van der Waals surface area contributed by atoms with E-state index >= 15 is 0 Å². The number of esters is 2. The maximum Gasteiger partial charge on any atom is 0.339 e. The van der Waals surface area contributed by atoms with Crippen LogP contribution in [0.3, 0.4) is 0 Å². The summed E-state index contributed by atoms with van der Waals surface area (Å²) in [6, 6.07) is 4.93. The fraction of sp³-hybridized carbons (Fsp3) is 0.571. The van der Waals surface area contributed by atoms with E-state index in [9.17, 15) is 40.2 Å². The minimum absolute atomic E-state index is 0.395. The molecule has 6 N–H and O–H groups in total. The number of aliphatic hydroxyl groups is 6. The molecule has 3 aliphatic rings. The maximum atomic E-state index is 12.8. The molecule has 4 rings (SSSR count). The number of hydrogen-bond donors (Lipinski definition) is 6. The smallest absolute Gasteiger partial charge is 0.339 e. The number of fused-ring (bicyclic) bond motifs is 1. The lowest BCUT2D eigenvalue weighted by Gasteiger charge is -2.46. The van der Waals surface area contributed by atoms with Crippen molar-refractivity contribution in [2.45, 2.75) is 67.6 Å². The topological polar surface area (TPSA) is 220 Å². The van der Waals surface area contributed by atoms with Crippen molar-refractivity contribution >= 4 is 18.0 Å². The van der Waals surface area contributed by atoms with Gasteiger partial charge in [0.05, 0.1) is 40.1 Å². The molecule has 1 aromatic rings. The van der Waals surface area contributed by atoms with Crippen LogP contribution >= 0.6 is 0 Å². The number of aliphatic hydroxyl groups excluding tert-OH is 4. The fourth-order valence-electron chi connectivity index (χ4n) is 5.61. The van der Waals surface area contributed by atoms with E-state index in [1.807, 2.05) is 0 Å². The average Bonchev–Trinajstić information content (AvgIpc) is 3.20. The van der Waals surface area contributed by atoms with Crippen molar-refractivity contribution in [2.24, 2.45) is 5.92 Å². The van der Waals surface area contributed by atoms with Gasteiger partial charge in [0.1, 0.15) is 47.3 Å². The Hall–Kier alpha value is -3.28. The van der Waals surface area contributed by atoms with Crippen LogP contribution in [-0.4, -0.2) is 125 Å². The van der Waals surface area contributed by atoms with Gasteiger partial charge in [-0.1, -0.05) is 6.07 Å². The van der Waals surface area contributed by atoms with Crippen LogP contribution in [-0.2, 0) is 33.3 Å². The van der Waals surface area contributed by atoms with Crippen LogP contribution in [0.2, 0.25) is 0 Å². The van der Waals surface area contributed by atoms with Gasteiger partial charge in [-0.25, -0.2) is 9.59 Å². The maximum absolute atomic E-state index is 12.8. The van der Waals surface area contributed by atoms with Crippen LogP contribution in [0.25, 0.3) is 6.08 Å². The van der Waals surface area contributed by atoms with Gasteiger partial charge in [-0.05, 0) is 30.7 Å². The third-order valence-electron chi connectivity index (χ3n) is 7.95. The molecule has 0 spiro atoms. The van der Waals surface area contributed by atoms with Crippen LogP contribution in [0.15, 0.2) is 36.1 Å². The van der Waals surface area contributed by atoms with Crippen molar-refractivity contribution in [1.82, 2.24) is 0 Å². The standard InChI is InChI=1S/C28H36O15/c1-27(35)18(42-19(30)8-6-13-5-7-15(37-2)16(9-13)38-3)10-28(36)14(24(34)39-4)12-40-26(23(27)28)43-25-22(33)21(32)20(31)17(11-29)41-25/h5-9,12,17-18,20-23,25-26,29,31-33,35-36H,10-11H2,1-4H3. The predicted octanol–water partition coefficient (Wildman–Crippen LogP) is -1.64. The molecular formula is C28H36O15. The van der Waals surface area contributed by atoms with E-state index in [4.69, 9.17) is 33.2 Å². The summed E-state index contributed by atoms with van der Waals surface area (Å²) in [5, 5.41) is 63.6. The lowest BCUT2D eigenvalue weighted by molar-refractivity contribution is -0.352. The summed E-state index contributed by atoms with van der Waals surface area (Å²) in [5.41, 5.74) is -4.18. The molecule has 1 aliphatic carbocycles. The zero-order chi connectivity index (χ0) is 31.7. The Morgan fingerprint density at radius 1 is 1.02 bits per heavy atom. The molecule has 2 fully saturated rings. The van der Waals surface area contributed by atoms with Gasteiger partial charge in [-0.2, -0.15) is 0 Å². The van der Waals surface area contributed by atoms with Gasteiger partial charge in [-0.3, -0.25) is 0 Å². The molecule has 0 amide bonds. The summed E-state index contributed by atoms with van der Waals surface area (Å²) in [6.07, 6.45) is -8.48. The predicted molar refractivity (Wildman–Crippen MR) is 142 cm³/mol. The first-order valence-electron chi connectivity index (χ1n) is 13.3. The van der Waals surface area contributed by atoms with Crippen LogP contribution < -0.4 is 9.47 Å². The number of benzene rings is 1. The molecule has 1 aromatic carbocycles. The molecule has 2 aliphatic heterocycles. The van der Waals surface area contributed by atoms with E-state index in [0.29, 0.717) is 17.1 Å². The van der Waals surface area contributed by atoms with Gasteiger partial charge in [0.15, 0.2) is 17.8 Å². The number of methoxy groups -OCH3 is 3. The molecule has 0 aromatic heterocycles. The number of carbonyl (C=O) groups is 2. The normalized spacial score (nSPS) is 37.2. The minimum atomic E-state index is -2.23. The molecule has 0 radical (unpaired) electrons. The zero-order valence-electron chi connectivity index (χ0n) is 23.9. The van der Waals surface area contributed by atoms with Crippen molar-refractivity contribution in [3.63, 3.8) is 0 Å². The molecule has 15 nitrogen and oxygen atoms in total. The summed E-state index contributed by atoms with van der Waals surface area (Å²) in [5.74, 6) is -2.51. The van der Waals surface area contributed by atoms with E-state index in [-0.39, 0.29) is 0 Å². The van der Waals surface area contributed by atoms with E-state index in [1.165, 1.54) is 27.2 Å². The highest BCUT2D eigenvalue weighted by Crippen LogP contribution is 2.53. The quantitative estimate of drug-likeness (QED) is 0.136. The van der Waals surface area contributed by atoms with Crippen molar-refractivity contribution in [2.75, 3.05) is 27.9 Å². The summed E-state index contributed by atoms with van der Waals surface area (Å²) < 4.78 is 37.3. The van der Waals surface area contributed by atoms with Gasteiger partial charge in [0.2, 0.25) is 6.29 Å². The second-order valence-corrected chi connectivity index (χ2v) is 10.6. The first kappa shape index (κ1) is 32.6. The Balaban J connectivity index is 1.59. The largest absolute Gasteiger partial charge is 0.493 e. The Labute approximate surface area is 246 Å². The molecule has 10 atom stereocenters. The van der Waals surface area contributed by atoms with Crippen LogP contribution in [0, 0.1) is 5.92 Å². The molecule has 10 unspecified atom stereocenters. The lowest BCUT2D eigenvalue weighted by Crippen LogP contribution is -2.62. The van der Waals surface area contributed by atoms with Gasteiger partial charge < -0.3 is 63.8 Å². The molecule has 238 valence electrons. The van der Waals surface area contributed by atoms with Gasteiger partial charge in [-0.15, -0.1) is 0 Å². The third-order valence-corrected chi connectivity index (χ3v) is 7.95. The highest BCUT2D eigenvalue weighted by Gasteiger charge is 2.69. The number of carbonyl (C=O) groups excluding carboxylic acids is 2. The second-order valence-electron chi connectivity index (χ2n) is 10.6. The van der Waals surface area contributed by atoms with Crippen LogP contribution in [0.1, 0.15) is 18.9 Å². The first-order valence-corrected chi connectivity index (χ1v) is 13.3. The van der Waals surface area contributed by atoms with Crippen molar-refractivity contribution in [1.29, 1.82) is 0 Å². The molecule has 2 heterocycles. The summed E-state index contributed by atoms with van der Waals surface area (Å²) in [6.45, 7) is 0.501. The van der Waals surface area contributed by atoms with Crippen molar-refractivity contribution in [3.8, 4) is 11.5 Å². The average molecular weight is 613 g/mol. The molecule has 43 heavy (non-hydrogen) atoms. The first-order chi connectivity index (χ1) is 20.3. The molecule has 0 bridgehead atoms. The fourth-order valence-corrected chi connectivity index (χ4v) is 5.61. The summed E-state index contributed by atoms with van der Waals surface area (Å²) in [4.78, 5) is 25.4. The van der Waals surface area contributed by atoms with E-state index in [1.54, 1.807) is 18.2 Å². The van der Waals surface area contributed by atoms with Crippen LogP contribution in [0.5, 0.6) is 11.5 Å². The Morgan fingerprint density at radius 2 is 1.72 bits per heavy atom. The molecule has 1 saturated heterocycles.